The van der Waals surface area contributed by atoms with Crippen LogP contribution < -0.4 is 20.4 Å². The summed E-state index contributed by atoms with van der Waals surface area (Å²) in [5, 5.41) is 8.74. The Morgan fingerprint density at radius 3 is 1.23 bits per heavy atom. The Kier molecular flexibility index (Phi) is 10.4. The molecule has 0 saturated heterocycles. The Hall–Kier alpha value is -7.48. The second-order valence-electron chi connectivity index (χ2n) is 12.7. The van der Waals surface area contributed by atoms with Crippen molar-refractivity contribution in [1.29, 1.82) is 0 Å². The predicted molar refractivity (Wildman–Crippen MR) is 214 cm³/mol. The maximum absolute atomic E-state index is 13.4. The molecule has 14 nitrogen and oxygen atoms in total. The minimum atomic E-state index is -0.592. The van der Waals surface area contributed by atoms with Gasteiger partial charge >= 0.3 is 24.4 Å². The molecule has 0 aliphatic rings. The van der Waals surface area contributed by atoms with E-state index in [0.29, 0.717) is 44.8 Å². The predicted octanol–water partition coefficient (Wildman–Crippen LogP) is 8.99. The van der Waals surface area contributed by atoms with E-state index in [1.54, 1.807) is 36.4 Å². The van der Waals surface area contributed by atoms with E-state index in [0.717, 1.165) is 32.7 Å². The number of nitrogens with one attached hydrogen (secondary N) is 2. The first-order chi connectivity index (χ1) is 27.2. The van der Waals surface area contributed by atoms with Crippen LogP contribution in [-0.2, 0) is 32.0 Å². The third-order valence-corrected chi connectivity index (χ3v) is 9.24. The number of hydrogen-bond acceptors (Lipinski definition) is 10. The van der Waals surface area contributed by atoms with Gasteiger partial charge in [-0.1, -0.05) is 48.5 Å². The summed E-state index contributed by atoms with van der Waals surface area (Å²) in [5.74, 6) is 0. The average molecular weight is 753 g/mol. The van der Waals surface area contributed by atoms with Crippen molar-refractivity contribution in [3.63, 3.8) is 0 Å². The number of rotatable bonds is 8. The number of aromatic nitrogens is 2. The zero-order valence-corrected chi connectivity index (χ0v) is 30.9. The van der Waals surface area contributed by atoms with Crippen molar-refractivity contribution >= 4 is 90.7 Å². The monoisotopic (exact) mass is 752 g/mol. The quantitative estimate of drug-likeness (QED) is 0.113. The van der Waals surface area contributed by atoms with E-state index in [-0.39, 0.29) is 13.1 Å². The van der Waals surface area contributed by atoms with Gasteiger partial charge in [0.15, 0.2) is 0 Å². The van der Waals surface area contributed by atoms with Gasteiger partial charge in [0.2, 0.25) is 0 Å². The SMILES string of the molecule is COC(=O)Nc1ccc2cc3ccc(N(Cc4ccccc4CN(C(=O)OC)c4ccc5cc6ccc(NC(=O)OC)cc6nc5c4)C(=O)OC)cc3nc2c1. The number of hydrogen-bond donors (Lipinski definition) is 2. The normalized spacial score (nSPS) is 10.9. The fourth-order valence-electron chi connectivity index (χ4n) is 6.40. The molecule has 7 aromatic rings. The zero-order chi connectivity index (χ0) is 39.3. The number of methoxy groups -OCH3 is 4. The summed E-state index contributed by atoms with van der Waals surface area (Å²) in [5.41, 5.74) is 6.17. The molecule has 0 aliphatic carbocycles. The van der Waals surface area contributed by atoms with E-state index < -0.39 is 24.4 Å². The zero-order valence-electron chi connectivity index (χ0n) is 30.9. The van der Waals surface area contributed by atoms with Gasteiger partial charge in [0.1, 0.15) is 0 Å². The summed E-state index contributed by atoms with van der Waals surface area (Å²) in [6.07, 6.45) is -2.37. The number of carbonyl (C=O) groups is 4. The molecule has 282 valence electrons. The number of benzene rings is 5. The summed E-state index contributed by atoms with van der Waals surface area (Å²) in [6.45, 7) is 0.217. The van der Waals surface area contributed by atoms with Crippen LogP contribution in [0.3, 0.4) is 0 Å². The number of ether oxygens (including phenoxy) is 4. The van der Waals surface area contributed by atoms with Crippen LogP contribution in [0, 0.1) is 0 Å². The van der Waals surface area contributed by atoms with Gasteiger partial charge in [-0.25, -0.2) is 29.1 Å². The Bertz CT molecular complexity index is 2490. The van der Waals surface area contributed by atoms with Crippen LogP contribution in [0.2, 0.25) is 0 Å². The van der Waals surface area contributed by atoms with E-state index in [9.17, 15) is 19.2 Å². The molecule has 2 N–H and O–H groups in total. The van der Waals surface area contributed by atoms with Crippen molar-refractivity contribution in [2.24, 2.45) is 0 Å². The van der Waals surface area contributed by atoms with Crippen LogP contribution in [0.1, 0.15) is 11.1 Å². The lowest BCUT2D eigenvalue weighted by molar-refractivity contribution is 0.177. The second kappa shape index (κ2) is 15.9. The van der Waals surface area contributed by atoms with Crippen LogP contribution in [0.25, 0.3) is 43.6 Å². The lowest BCUT2D eigenvalue weighted by atomic mass is 10.0. The highest BCUT2D eigenvalue weighted by atomic mass is 16.6. The molecule has 4 amide bonds. The van der Waals surface area contributed by atoms with Crippen LogP contribution in [-0.4, -0.2) is 62.8 Å². The number of anilines is 4. The topological polar surface area (TPSA) is 162 Å². The molecule has 2 heterocycles. The molecule has 0 fully saturated rings. The maximum Gasteiger partial charge on any atom is 0.414 e. The van der Waals surface area contributed by atoms with Gasteiger partial charge < -0.3 is 18.9 Å². The van der Waals surface area contributed by atoms with E-state index in [1.165, 1.54) is 38.2 Å². The number of pyridine rings is 2. The molecule has 2 aromatic heterocycles. The highest BCUT2D eigenvalue weighted by molar-refractivity contribution is 6.00. The minimum absolute atomic E-state index is 0.108. The van der Waals surface area contributed by atoms with E-state index in [1.807, 2.05) is 72.8 Å². The van der Waals surface area contributed by atoms with Crippen LogP contribution in [0.5, 0.6) is 0 Å². The highest BCUT2D eigenvalue weighted by Crippen LogP contribution is 2.31. The Morgan fingerprint density at radius 1 is 0.482 bits per heavy atom. The molecule has 14 heteroatoms. The first kappa shape index (κ1) is 36.9. The van der Waals surface area contributed by atoms with Crippen LogP contribution in [0.15, 0.2) is 109 Å². The Balaban J connectivity index is 1.20. The molecule has 0 unspecified atom stereocenters. The van der Waals surface area contributed by atoms with Crippen molar-refractivity contribution in [3.8, 4) is 0 Å². The smallest absolute Gasteiger partial charge is 0.414 e. The van der Waals surface area contributed by atoms with Gasteiger partial charge in [-0.05, 0) is 71.8 Å². The van der Waals surface area contributed by atoms with Gasteiger partial charge in [-0.3, -0.25) is 20.4 Å². The summed E-state index contributed by atoms with van der Waals surface area (Å²) in [4.78, 5) is 62.9. The highest BCUT2D eigenvalue weighted by Gasteiger charge is 2.23. The summed E-state index contributed by atoms with van der Waals surface area (Å²) >= 11 is 0. The second-order valence-corrected chi connectivity index (χ2v) is 12.7. The number of fused-ring (bicyclic) bond motifs is 4. The van der Waals surface area contributed by atoms with Gasteiger partial charge in [-0.15, -0.1) is 0 Å². The number of amides is 4. The van der Waals surface area contributed by atoms with E-state index >= 15 is 0 Å². The van der Waals surface area contributed by atoms with E-state index in [2.05, 4.69) is 10.6 Å². The lowest BCUT2D eigenvalue weighted by Crippen LogP contribution is -2.33. The number of carbonyl (C=O) groups excluding carboxylic acids is 4. The first-order valence-corrected chi connectivity index (χ1v) is 17.3. The summed E-state index contributed by atoms with van der Waals surface area (Å²) < 4.78 is 19.9. The molecule has 0 spiro atoms. The van der Waals surface area contributed by atoms with E-state index in [4.69, 9.17) is 28.9 Å². The molecule has 0 atom stereocenters. The fourth-order valence-corrected chi connectivity index (χ4v) is 6.40. The van der Waals surface area contributed by atoms with Crippen molar-refractivity contribution in [2.75, 3.05) is 48.9 Å². The lowest BCUT2D eigenvalue weighted by Gasteiger charge is -2.26. The molecule has 0 bridgehead atoms. The fraction of sp³-hybridized carbons (Fsp3) is 0.143. The average Bonchev–Trinajstić information content (AvgIpc) is 3.22. The third-order valence-electron chi connectivity index (χ3n) is 9.24. The van der Waals surface area contributed by atoms with Gasteiger partial charge in [0.25, 0.3) is 0 Å². The van der Waals surface area contributed by atoms with Crippen molar-refractivity contribution < 1.29 is 38.1 Å². The minimum Gasteiger partial charge on any atom is -0.453 e. The van der Waals surface area contributed by atoms with Gasteiger partial charge in [0.05, 0.1) is 63.6 Å². The summed E-state index contributed by atoms with van der Waals surface area (Å²) in [7, 11) is 5.21. The Morgan fingerprint density at radius 2 is 0.857 bits per heavy atom. The number of nitrogens with zero attached hydrogens (tertiary/aromatic N) is 4. The van der Waals surface area contributed by atoms with Crippen molar-refractivity contribution in [2.45, 2.75) is 13.1 Å². The first-order valence-electron chi connectivity index (χ1n) is 17.3. The molecule has 56 heavy (non-hydrogen) atoms. The standard InChI is InChI=1S/C42H36N6O8/c1-53-39(49)43-31-13-9-25-17-27-11-15-33(21-37(27)45-35(25)19-31)47(41(51)55-3)23-29-7-5-6-8-30(29)24-48(42(52)56-4)34-16-12-28-18-26-10-14-32(44-40(50)54-2)20-36(26)46-38(28)22-34/h5-22H,23-24H2,1-4H3,(H,43,49)(H,44,50). The molecular weight excluding hydrogens is 716 g/mol. The van der Waals surface area contributed by atoms with Crippen molar-refractivity contribution in [1.82, 2.24) is 9.97 Å². The molecule has 0 aliphatic heterocycles. The third kappa shape index (κ3) is 7.75. The molecule has 0 radical (unpaired) electrons. The van der Waals surface area contributed by atoms with Crippen LogP contribution >= 0.6 is 0 Å². The Labute approximate surface area is 320 Å². The largest absolute Gasteiger partial charge is 0.453 e. The molecular formula is C42H36N6O8. The van der Waals surface area contributed by atoms with Crippen molar-refractivity contribution in [3.05, 3.63) is 120 Å². The summed E-state index contributed by atoms with van der Waals surface area (Å²) in [6, 6.07) is 33.2. The molecule has 0 saturated carbocycles. The van der Waals surface area contributed by atoms with Gasteiger partial charge in [-0.2, -0.15) is 0 Å². The van der Waals surface area contributed by atoms with Gasteiger partial charge in [0, 0.05) is 44.3 Å². The maximum atomic E-state index is 13.4. The molecule has 5 aromatic carbocycles. The molecule has 7 rings (SSSR count). The van der Waals surface area contributed by atoms with Crippen LogP contribution in [0.4, 0.5) is 41.9 Å².